The Morgan fingerprint density at radius 3 is 2.71 bits per heavy atom. The maximum Gasteiger partial charge on any atom is 0.123 e. The second kappa shape index (κ2) is 4.75. The van der Waals surface area contributed by atoms with Gasteiger partial charge in [0.05, 0.1) is 12.7 Å². The number of fused-ring (bicyclic) bond motifs is 2. The summed E-state index contributed by atoms with van der Waals surface area (Å²) in [6.45, 7) is 0.530. The third-order valence-corrected chi connectivity index (χ3v) is 3.80. The van der Waals surface area contributed by atoms with Crippen LogP contribution in [0, 0.1) is 5.82 Å². The second-order valence-electron chi connectivity index (χ2n) is 5.17. The van der Waals surface area contributed by atoms with Crippen molar-refractivity contribution in [3.8, 4) is 0 Å². The first-order valence-electron chi connectivity index (χ1n) is 6.42. The Morgan fingerprint density at radius 2 is 2.00 bits per heavy atom. The molecule has 17 heavy (non-hydrogen) atoms. The van der Waals surface area contributed by atoms with Crippen LogP contribution < -0.4 is 5.32 Å². The van der Waals surface area contributed by atoms with Crippen LogP contribution in [0.15, 0.2) is 24.3 Å². The van der Waals surface area contributed by atoms with Gasteiger partial charge in [-0.15, -0.1) is 0 Å². The van der Waals surface area contributed by atoms with Crippen molar-refractivity contribution < 1.29 is 9.13 Å². The highest BCUT2D eigenvalue weighted by Gasteiger charge is 2.33. The van der Waals surface area contributed by atoms with Gasteiger partial charge in [0.2, 0.25) is 0 Å². The van der Waals surface area contributed by atoms with Crippen molar-refractivity contribution in [2.24, 2.45) is 0 Å². The number of hydrogen-bond acceptors (Lipinski definition) is 2. The van der Waals surface area contributed by atoms with Crippen LogP contribution in [-0.4, -0.2) is 18.2 Å². The number of rotatable bonds is 3. The fraction of sp³-hybridized carbons (Fsp3) is 0.571. The third kappa shape index (κ3) is 2.67. The summed E-state index contributed by atoms with van der Waals surface area (Å²) in [6.07, 6.45) is 5.11. The molecule has 2 saturated heterocycles. The van der Waals surface area contributed by atoms with E-state index in [-0.39, 0.29) is 5.82 Å². The monoisotopic (exact) mass is 235 g/mol. The van der Waals surface area contributed by atoms with Gasteiger partial charge in [-0.2, -0.15) is 0 Å². The highest BCUT2D eigenvalue weighted by atomic mass is 19.1. The van der Waals surface area contributed by atoms with Gasteiger partial charge in [0, 0.05) is 12.1 Å². The van der Waals surface area contributed by atoms with Crippen molar-refractivity contribution in [1.29, 1.82) is 0 Å². The molecule has 1 aromatic carbocycles. The maximum atomic E-state index is 13.0. The van der Waals surface area contributed by atoms with E-state index in [0.717, 1.165) is 18.4 Å². The molecule has 2 aliphatic heterocycles. The number of hydrogen-bond donors (Lipinski definition) is 1. The second-order valence-corrected chi connectivity index (χ2v) is 5.17. The van der Waals surface area contributed by atoms with Gasteiger partial charge in [0.15, 0.2) is 0 Å². The number of piperidine rings is 1. The lowest BCUT2D eigenvalue weighted by Crippen LogP contribution is -2.41. The smallest absolute Gasteiger partial charge is 0.123 e. The largest absolute Gasteiger partial charge is 0.373 e. The van der Waals surface area contributed by atoms with Gasteiger partial charge < -0.3 is 10.1 Å². The molecule has 1 N–H and O–H groups in total. The molecule has 0 unspecified atom stereocenters. The van der Waals surface area contributed by atoms with Crippen molar-refractivity contribution in [1.82, 2.24) is 5.32 Å². The van der Waals surface area contributed by atoms with Gasteiger partial charge in [0.1, 0.15) is 5.82 Å². The zero-order valence-electron chi connectivity index (χ0n) is 9.86. The van der Waals surface area contributed by atoms with E-state index in [1.54, 1.807) is 12.1 Å². The van der Waals surface area contributed by atoms with E-state index in [9.17, 15) is 4.39 Å². The lowest BCUT2D eigenvalue weighted by Gasteiger charge is -2.29. The minimum atomic E-state index is -0.184. The molecule has 3 atom stereocenters. The van der Waals surface area contributed by atoms with Crippen molar-refractivity contribution in [2.75, 3.05) is 0 Å². The Kier molecular flexibility index (Phi) is 3.12. The molecule has 92 valence electrons. The molecule has 0 amide bonds. The standard InChI is InChI=1S/C14H18FNO/c15-11-3-1-2-10(6-11)9-17-14-7-12-4-5-13(8-14)16-12/h1-3,6,12-14,16H,4-5,7-9H2/t12-,13+,14+. The first-order valence-corrected chi connectivity index (χ1v) is 6.42. The predicted molar refractivity (Wildman–Crippen MR) is 64.2 cm³/mol. The number of nitrogens with one attached hydrogen (secondary N) is 1. The normalized spacial score (nSPS) is 31.7. The van der Waals surface area contributed by atoms with Crippen LogP contribution in [0.4, 0.5) is 4.39 Å². The van der Waals surface area contributed by atoms with Gasteiger partial charge >= 0.3 is 0 Å². The molecule has 2 bridgehead atoms. The average Bonchev–Trinajstić information content (AvgIpc) is 2.66. The van der Waals surface area contributed by atoms with E-state index in [4.69, 9.17) is 4.74 Å². The fourth-order valence-corrected chi connectivity index (χ4v) is 2.98. The molecule has 0 aliphatic carbocycles. The quantitative estimate of drug-likeness (QED) is 0.869. The Hall–Kier alpha value is -0.930. The number of ether oxygens (including phenoxy) is 1. The average molecular weight is 235 g/mol. The van der Waals surface area contributed by atoms with Gasteiger partial charge in [-0.05, 0) is 43.4 Å². The molecule has 0 radical (unpaired) electrons. The molecule has 0 aromatic heterocycles. The summed E-state index contributed by atoms with van der Waals surface area (Å²) in [4.78, 5) is 0. The van der Waals surface area contributed by atoms with Crippen LogP contribution in [0.3, 0.4) is 0 Å². The van der Waals surface area contributed by atoms with E-state index in [0.29, 0.717) is 24.8 Å². The van der Waals surface area contributed by atoms with Crippen LogP contribution in [0.25, 0.3) is 0 Å². The Bertz CT molecular complexity index is 384. The van der Waals surface area contributed by atoms with Gasteiger partial charge in [-0.25, -0.2) is 4.39 Å². The van der Waals surface area contributed by atoms with Gasteiger partial charge in [0.25, 0.3) is 0 Å². The van der Waals surface area contributed by atoms with Gasteiger partial charge in [-0.3, -0.25) is 0 Å². The molecular formula is C14H18FNO. The Morgan fingerprint density at radius 1 is 1.24 bits per heavy atom. The fourth-order valence-electron chi connectivity index (χ4n) is 2.98. The molecule has 2 aliphatic rings. The van der Waals surface area contributed by atoms with Gasteiger partial charge in [-0.1, -0.05) is 12.1 Å². The summed E-state index contributed by atoms with van der Waals surface area (Å²) in [7, 11) is 0. The van der Waals surface area contributed by atoms with Crippen LogP contribution in [0.1, 0.15) is 31.2 Å². The van der Waals surface area contributed by atoms with Crippen molar-refractivity contribution in [3.63, 3.8) is 0 Å². The van der Waals surface area contributed by atoms with E-state index in [1.807, 2.05) is 6.07 Å². The lowest BCUT2D eigenvalue weighted by molar-refractivity contribution is 0.00907. The SMILES string of the molecule is Fc1cccc(CO[C@H]2C[C@H]3CC[C@@H](C2)N3)c1. The van der Waals surface area contributed by atoms with E-state index >= 15 is 0 Å². The first kappa shape index (κ1) is 11.2. The zero-order chi connectivity index (χ0) is 11.7. The summed E-state index contributed by atoms with van der Waals surface area (Å²) in [5.41, 5.74) is 0.927. The molecule has 0 saturated carbocycles. The summed E-state index contributed by atoms with van der Waals surface area (Å²) >= 11 is 0. The van der Waals surface area contributed by atoms with E-state index in [2.05, 4.69) is 5.32 Å². The Labute approximate surface area is 101 Å². The van der Waals surface area contributed by atoms with Crippen molar-refractivity contribution in [2.45, 2.75) is 50.5 Å². The van der Waals surface area contributed by atoms with Crippen molar-refractivity contribution >= 4 is 0 Å². The lowest BCUT2D eigenvalue weighted by atomic mass is 10.0. The molecule has 0 spiro atoms. The summed E-state index contributed by atoms with van der Waals surface area (Å²) in [5, 5.41) is 3.59. The van der Waals surface area contributed by atoms with E-state index < -0.39 is 0 Å². The van der Waals surface area contributed by atoms with Crippen molar-refractivity contribution in [3.05, 3.63) is 35.6 Å². The Balaban J connectivity index is 1.54. The first-order chi connectivity index (χ1) is 8.29. The summed E-state index contributed by atoms with van der Waals surface area (Å²) < 4.78 is 18.9. The molecule has 3 heteroatoms. The number of halogens is 1. The van der Waals surface area contributed by atoms with E-state index in [1.165, 1.54) is 18.9 Å². The summed E-state index contributed by atoms with van der Waals surface area (Å²) in [6, 6.07) is 7.96. The van der Waals surface area contributed by atoms with Crippen LogP contribution >= 0.6 is 0 Å². The highest BCUT2D eigenvalue weighted by Crippen LogP contribution is 2.28. The predicted octanol–water partition coefficient (Wildman–Crippen LogP) is 2.63. The van der Waals surface area contributed by atoms with Crippen LogP contribution in [-0.2, 0) is 11.3 Å². The van der Waals surface area contributed by atoms with Crippen LogP contribution in [0.2, 0.25) is 0 Å². The summed E-state index contributed by atoms with van der Waals surface area (Å²) in [5.74, 6) is -0.184. The molecular weight excluding hydrogens is 217 g/mol. The highest BCUT2D eigenvalue weighted by molar-refractivity contribution is 5.15. The molecule has 1 aromatic rings. The minimum Gasteiger partial charge on any atom is -0.373 e. The van der Waals surface area contributed by atoms with Crippen LogP contribution in [0.5, 0.6) is 0 Å². The molecule has 3 rings (SSSR count). The minimum absolute atomic E-state index is 0.184. The topological polar surface area (TPSA) is 21.3 Å². The third-order valence-electron chi connectivity index (χ3n) is 3.80. The molecule has 2 heterocycles. The number of benzene rings is 1. The molecule has 2 fully saturated rings. The zero-order valence-corrected chi connectivity index (χ0v) is 9.86. The molecule has 2 nitrogen and oxygen atoms in total. The maximum absolute atomic E-state index is 13.0.